The van der Waals surface area contributed by atoms with Crippen LogP contribution in [0.1, 0.15) is 30.4 Å². The predicted molar refractivity (Wildman–Crippen MR) is 173 cm³/mol. The summed E-state index contributed by atoms with van der Waals surface area (Å²) >= 11 is 0. The van der Waals surface area contributed by atoms with Gasteiger partial charge in [-0.05, 0) is 42.0 Å². The van der Waals surface area contributed by atoms with Crippen LogP contribution >= 0.6 is 0 Å². The first-order chi connectivity index (χ1) is 21.3. The summed E-state index contributed by atoms with van der Waals surface area (Å²) in [7, 11) is -2.87. The second-order valence-corrected chi connectivity index (χ2v) is 13.9. The number of nitrogens with one attached hydrogen (secondary N) is 2. The van der Waals surface area contributed by atoms with Gasteiger partial charge in [0.2, 0.25) is 5.91 Å². The Hall–Kier alpha value is -3.73. The SMILES string of the molecule is O=C(CCc1ccc(CN2CCS(=O)(=O)CC2)cc1)NCCN1CCC(OC(=O)Nc2ccccc2-c2ccccc2)CC1. The van der Waals surface area contributed by atoms with Crippen LogP contribution in [-0.4, -0.2) is 87.1 Å². The van der Waals surface area contributed by atoms with Crippen molar-refractivity contribution in [2.75, 3.05) is 56.1 Å². The van der Waals surface area contributed by atoms with Crippen LogP contribution in [-0.2, 0) is 32.3 Å². The number of benzene rings is 3. The number of hydrogen-bond acceptors (Lipinski definition) is 7. The first-order valence-corrected chi connectivity index (χ1v) is 17.3. The molecule has 0 radical (unpaired) electrons. The first-order valence-electron chi connectivity index (χ1n) is 15.4. The third kappa shape index (κ3) is 9.64. The number of ether oxygens (including phenoxy) is 1. The van der Waals surface area contributed by atoms with Crippen LogP contribution < -0.4 is 10.6 Å². The molecule has 2 fully saturated rings. The van der Waals surface area contributed by atoms with Crippen molar-refractivity contribution in [3.05, 3.63) is 90.0 Å². The number of piperidine rings is 1. The average molecular weight is 619 g/mol. The molecule has 2 saturated heterocycles. The molecule has 0 atom stereocenters. The van der Waals surface area contributed by atoms with Gasteiger partial charge in [-0.3, -0.25) is 15.0 Å². The highest BCUT2D eigenvalue weighted by Gasteiger charge is 2.23. The summed E-state index contributed by atoms with van der Waals surface area (Å²) in [5.74, 6) is 0.503. The van der Waals surface area contributed by atoms with Crippen LogP contribution in [0.2, 0.25) is 0 Å². The largest absolute Gasteiger partial charge is 0.446 e. The summed E-state index contributed by atoms with van der Waals surface area (Å²) in [4.78, 5) is 29.5. The molecule has 0 aromatic heterocycles. The molecule has 2 heterocycles. The molecule has 5 rings (SSSR count). The van der Waals surface area contributed by atoms with Gasteiger partial charge < -0.3 is 15.0 Å². The van der Waals surface area contributed by atoms with E-state index in [4.69, 9.17) is 4.74 Å². The number of nitrogens with zero attached hydrogens (tertiary/aromatic N) is 2. The highest BCUT2D eigenvalue weighted by molar-refractivity contribution is 7.91. The summed E-state index contributed by atoms with van der Waals surface area (Å²) in [5, 5.41) is 5.95. The van der Waals surface area contributed by atoms with Crippen molar-refractivity contribution in [2.24, 2.45) is 0 Å². The van der Waals surface area contributed by atoms with E-state index >= 15 is 0 Å². The van der Waals surface area contributed by atoms with Crippen LogP contribution in [0.15, 0.2) is 78.9 Å². The highest BCUT2D eigenvalue weighted by Crippen LogP contribution is 2.28. The van der Waals surface area contributed by atoms with Gasteiger partial charge in [-0.25, -0.2) is 13.2 Å². The molecule has 0 spiro atoms. The lowest BCUT2D eigenvalue weighted by Gasteiger charge is -2.31. The van der Waals surface area contributed by atoms with Crippen molar-refractivity contribution in [1.29, 1.82) is 0 Å². The smallest absolute Gasteiger partial charge is 0.411 e. The van der Waals surface area contributed by atoms with Gasteiger partial charge in [-0.15, -0.1) is 0 Å². The molecule has 9 nitrogen and oxygen atoms in total. The second-order valence-electron chi connectivity index (χ2n) is 11.6. The van der Waals surface area contributed by atoms with E-state index in [2.05, 4.69) is 44.7 Å². The minimum Gasteiger partial charge on any atom is -0.446 e. The van der Waals surface area contributed by atoms with E-state index in [0.29, 0.717) is 32.5 Å². The number of anilines is 1. The van der Waals surface area contributed by atoms with Gasteiger partial charge in [0.1, 0.15) is 6.10 Å². The topological polar surface area (TPSA) is 108 Å². The molecule has 44 heavy (non-hydrogen) atoms. The zero-order valence-electron chi connectivity index (χ0n) is 25.1. The van der Waals surface area contributed by atoms with Gasteiger partial charge in [-0.2, -0.15) is 0 Å². The van der Waals surface area contributed by atoms with Crippen molar-refractivity contribution >= 4 is 27.5 Å². The molecule has 0 saturated carbocycles. The Morgan fingerprint density at radius 2 is 1.45 bits per heavy atom. The molecule has 3 aromatic carbocycles. The van der Waals surface area contributed by atoms with E-state index in [-0.39, 0.29) is 23.5 Å². The second kappa shape index (κ2) is 15.3. The van der Waals surface area contributed by atoms with E-state index in [0.717, 1.165) is 67.0 Å². The van der Waals surface area contributed by atoms with Gasteiger partial charge in [-0.1, -0.05) is 72.8 Å². The zero-order chi connectivity index (χ0) is 30.8. The molecular formula is C34H42N4O5S. The van der Waals surface area contributed by atoms with Crippen LogP contribution in [0.25, 0.3) is 11.1 Å². The third-order valence-corrected chi connectivity index (χ3v) is 9.92. The standard InChI is InChI=1S/C34H42N4O5S/c39-33(15-14-27-10-12-28(13-11-27)26-38-22-24-44(41,42)25-23-38)35-18-21-37-19-16-30(17-20-37)43-34(40)36-32-9-5-4-8-31(32)29-6-2-1-3-7-29/h1-13,30H,14-26H2,(H,35,39)(H,36,40). The normalized spacial score (nSPS) is 17.5. The quantitative estimate of drug-likeness (QED) is 0.329. The number of para-hydroxylation sites is 1. The Morgan fingerprint density at radius 1 is 0.795 bits per heavy atom. The summed E-state index contributed by atoms with van der Waals surface area (Å²) < 4.78 is 29.0. The number of carbonyl (C=O) groups is 2. The van der Waals surface area contributed by atoms with Crippen molar-refractivity contribution < 1.29 is 22.7 Å². The minimum atomic E-state index is -2.87. The highest BCUT2D eigenvalue weighted by atomic mass is 32.2. The predicted octanol–water partition coefficient (Wildman–Crippen LogP) is 4.35. The van der Waals surface area contributed by atoms with Gasteiger partial charge in [0.05, 0.1) is 17.2 Å². The summed E-state index contributed by atoms with van der Waals surface area (Å²) in [5.41, 5.74) is 4.97. The molecule has 0 bridgehead atoms. The molecule has 0 aliphatic carbocycles. The van der Waals surface area contributed by atoms with Gasteiger partial charge in [0.25, 0.3) is 0 Å². The summed E-state index contributed by atoms with van der Waals surface area (Å²) in [6.07, 6.45) is 2.06. The molecule has 3 aromatic rings. The van der Waals surface area contributed by atoms with Gasteiger partial charge in [0.15, 0.2) is 9.84 Å². The summed E-state index contributed by atoms with van der Waals surface area (Å²) in [6.45, 7) is 4.89. The number of likely N-dealkylation sites (tertiary alicyclic amines) is 1. The number of sulfone groups is 1. The number of aryl methyl sites for hydroxylation is 1. The Bertz CT molecular complexity index is 1480. The molecule has 2 aliphatic rings. The molecule has 0 unspecified atom stereocenters. The lowest BCUT2D eigenvalue weighted by molar-refractivity contribution is -0.121. The van der Waals surface area contributed by atoms with Crippen molar-refractivity contribution in [1.82, 2.24) is 15.1 Å². The van der Waals surface area contributed by atoms with Crippen LogP contribution in [0.5, 0.6) is 0 Å². The molecule has 234 valence electrons. The molecule has 2 aliphatic heterocycles. The van der Waals surface area contributed by atoms with Crippen molar-refractivity contribution in [3.8, 4) is 11.1 Å². The fourth-order valence-corrected chi connectivity index (χ4v) is 6.96. The van der Waals surface area contributed by atoms with Gasteiger partial charge >= 0.3 is 6.09 Å². The maximum Gasteiger partial charge on any atom is 0.411 e. The third-order valence-electron chi connectivity index (χ3n) is 8.31. The summed E-state index contributed by atoms with van der Waals surface area (Å²) in [6, 6.07) is 25.9. The Balaban J connectivity index is 0.948. The fourth-order valence-electron chi connectivity index (χ4n) is 5.68. The zero-order valence-corrected chi connectivity index (χ0v) is 25.9. The maximum atomic E-state index is 12.7. The molecule has 2 amide bonds. The van der Waals surface area contributed by atoms with Crippen LogP contribution in [0.3, 0.4) is 0 Å². The number of rotatable bonds is 11. The molecule has 2 N–H and O–H groups in total. The number of carbonyl (C=O) groups excluding carboxylic acids is 2. The molecular weight excluding hydrogens is 576 g/mol. The molecule has 10 heteroatoms. The van der Waals surface area contributed by atoms with E-state index in [1.54, 1.807) is 0 Å². The van der Waals surface area contributed by atoms with E-state index in [1.165, 1.54) is 0 Å². The van der Waals surface area contributed by atoms with Gasteiger partial charge in [0, 0.05) is 57.8 Å². The fraction of sp³-hybridized carbons (Fsp3) is 0.412. The Kier molecular flexibility index (Phi) is 11.0. The van der Waals surface area contributed by atoms with E-state index in [9.17, 15) is 18.0 Å². The van der Waals surface area contributed by atoms with Crippen LogP contribution in [0, 0.1) is 0 Å². The minimum absolute atomic E-state index is 0.0364. The lowest BCUT2D eigenvalue weighted by Crippen LogP contribution is -2.42. The van der Waals surface area contributed by atoms with Crippen LogP contribution in [0.4, 0.5) is 10.5 Å². The first kappa shape index (κ1) is 31.7. The maximum absolute atomic E-state index is 12.7. The number of amides is 2. The van der Waals surface area contributed by atoms with Crippen molar-refractivity contribution in [3.63, 3.8) is 0 Å². The monoisotopic (exact) mass is 618 g/mol. The average Bonchev–Trinajstić information content (AvgIpc) is 3.03. The van der Waals surface area contributed by atoms with E-state index in [1.807, 2.05) is 54.6 Å². The van der Waals surface area contributed by atoms with Crippen molar-refractivity contribution in [2.45, 2.75) is 38.3 Å². The number of hydrogen-bond donors (Lipinski definition) is 2. The van der Waals surface area contributed by atoms with E-state index < -0.39 is 15.9 Å². The Labute approximate surface area is 260 Å². The lowest BCUT2D eigenvalue weighted by atomic mass is 10.0. The Morgan fingerprint density at radius 3 is 2.18 bits per heavy atom.